The molecule has 2 unspecified atom stereocenters. The molecule has 0 N–H and O–H groups in total. The van der Waals surface area contributed by atoms with Gasteiger partial charge in [0, 0.05) is 0 Å². The molecule has 0 saturated carbocycles. The second-order valence-electron chi connectivity index (χ2n) is 3.15. The summed E-state index contributed by atoms with van der Waals surface area (Å²) in [4.78, 5) is 12.2. The van der Waals surface area contributed by atoms with E-state index in [1.54, 1.807) is 19.1 Å². The van der Waals surface area contributed by atoms with Gasteiger partial charge >= 0.3 is 16.1 Å². The zero-order valence-electron chi connectivity index (χ0n) is 8.47. The Balaban J connectivity index is 2.75. The number of rotatable bonds is 3. The number of carbonyl (C=O) groups is 1. The molecule has 0 aromatic rings. The first-order valence-electron chi connectivity index (χ1n) is 4.16. The van der Waals surface area contributed by atoms with Crippen LogP contribution in [0.15, 0.2) is 22.5 Å². The third-order valence-corrected chi connectivity index (χ3v) is 3.87. The smallest absolute Gasteiger partial charge is 0.329 e. The highest BCUT2D eigenvalue weighted by molar-refractivity contribution is 8.20. The van der Waals surface area contributed by atoms with E-state index in [0.29, 0.717) is 0 Å². The standard InChI is InChI=1S/C9H12O4S2/c1-7(8-5-4-6-14(8)2)9(10)13-15(3,11)12/h4-7H,2H2,1,3H3. The second-order valence-corrected chi connectivity index (χ2v) is 6.33. The maximum absolute atomic E-state index is 11.4. The maximum atomic E-state index is 11.4. The van der Waals surface area contributed by atoms with E-state index in [1.807, 2.05) is 5.41 Å². The molecule has 1 aliphatic heterocycles. The van der Waals surface area contributed by atoms with Crippen LogP contribution in [-0.4, -0.2) is 26.5 Å². The summed E-state index contributed by atoms with van der Waals surface area (Å²) >= 11 is 0. The van der Waals surface area contributed by atoms with Crippen LogP contribution in [0.25, 0.3) is 0 Å². The summed E-state index contributed by atoms with van der Waals surface area (Å²) < 4.78 is 25.8. The van der Waals surface area contributed by atoms with Crippen molar-refractivity contribution >= 4 is 32.4 Å². The second kappa shape index (κ2) is 4.32. The fourth-order valence-electron chi connectivity index (χ4n) is 1.10. The lowest BCUT2D eigenvalue weighted by atomic mass is 10.1. The number of hydrogen-bond acceptors (Lipinski definition) is 4. The molecule has 0 radical (unpaired) electrons. The Morgan fingerprint density at radius 3 is 2.60 bits per heavy atom. The summed E-state index contributed by atoms with van der Waals surface area (Å²) in [5, 5.41) is 1.86. The van der Waals surface area contributed by atoms with Crippen molar-refractivity contribution in [1.82, 2.24) is 0 Å². The minimum Gasteiger partial charge on any atom is -0.345 e. The van der Waals surface area contributed by atoms with E-state index in [-0.39, 0.29) is 10.5 Å². The minimum atomic E-state index is -3.73. The van der Waals surface area contributed by atoms with Crippen molar-refractivity contribution in [2.75, 3.05) is 6.26 Å². The number of allylic oxidation sites excluding steroid dienone is 2. The van der Waals surface area contributed by atoms with Gasteiger partial charge in [0.2, 0.25) is 0 Å². The van der Waals surface area contributed by atoms with Crippen molar-refractivity contribution in [1.29, 1.82) is 0 Å². The highest BCUT2D eigenvalue weighted by Crippen LogP contribution is 2.35. The van der Waals surface area contributed by atoms with E-state index in [9.17, 15) is 13.2 Å². The molecule has 2 atom stereocenters. The van der Waals surface area contributed by atoms with Crippen LogP contribution in [0.4, 0.5) is 0 Å². The zero-order chi connectivity index (χ0) is 11.6. The fourth-order valence-corrected chi connectivity index (χ4v) is 2.78. The molecule has 0 bridgehead atoms. The topological polar surface area (TPSA) is 60.4 Å². The molecule has 0 fully saturated rings. The summed E-state index contributed by atoms with van der Waals surface area (Å²) in [7, 11) is -4.08. The van der Waals surface area contributed by atoms with Crippen LogP contribution in [0.3, 0.4) is 0 Å². The van der Waals surface area contributed by atoms with Crippen LogP contribution in [-0.2, 0) is 19.1 Å². The lowest BCUT2D eigenvalue weighted by Crippen LogP contribution is -2.19. The molecule has 4 nitrogen and oxygen atoms in total. The highest BCUT2D eigenvalue weighted by atomic mass is 32.2. The largest absolute Gasteiger partial charge is 0.345 e. The van der Waals surface area contributed by atoms with Crippen LogP contribution in [0.5, 0.6) is 0 Å². The SMILES string of the molecule is C=S1C=CC=C1C(C)C(=O)OS(C)(=O)=O. The molecule has 6 heteroatoms. The normalized spacial score (nSPS) is 22.3. The molecule has 15 heavy (non-hydrogen) atoms. The van der Waals surface area contributed by atoms with E-state index in [1.165, 1.54) is 0 Å². The van der Waals surface area contributed by atoms with Gasteiger partial charge in [0.05, 0.1) is 12.2 Å². The average molecular weight is 248 g/mol. The average Bonchev–Trinajstić information content (AvgIpc) is 2.47. The summed E-state index contributed by atoms with van der Waals surface area (Å²) in [5.41, 5.74) is 0. The molecule has 0 amide bonds. The lowest BCUT2D eigenvalue weighted by molar-refractivity contribution is -0.136. The lowest BCUT2D eigenvalue weighted by Gasteiger charge is -2.12. The van der Waals surface area contributed by atoms with E-state index in [0.717, 1.165) is 11.2 Å². The molecule has 0 saturated heterocycles. The molecule has 0 aromatic carbocycles. The first-order chi connectivity index (χ1) is 6.81. The molecule has 1 rings (SSSR count). The van der Waals surface area contributed by atoms with E-state index >= 15 is 0 Å². The fraction of sp³-hybridized carbons (Fsp3) is 0.333. The van der Waals surface area contributed by atoms with Gasteiger partial charge in [-0.3, -0.25) is 4.79 Å². The van der Waals surface area contributed by atoms with Crippen molar-refractivity contribution in [2.45, 2.75) is 6.92 Å². The summed E-state index contributed by atoms with van der Waals surface area (Å²) in [6.07, 6.45) is 4.42. The van der Waals surface area contributed by atoms with Crippen molar-refractivity contribution in [3.05, 3.63) is 22.5 Å². The molecule has 1 aliphatic rings. The third kappa shape index (κ3) is 3.32. The van der Waals surface area contributed by atoms with Crippen LogP contribution in [0.1, 0.15) is 6.92 Å². The van der Waals surface area contributed by atoms with Gasteiger partial charge in [0.15, 0.2) is 0 Å². The van der Waals surface area contributed by atoms with Gasteiger partial charge in [-0.15, -0.1) is 10.5 Å². The Morgan fingerprint density at radius 1 is 1.60 bits per heavy atom. The molecule has 0 aromatic heterocycles. The molecule has 0 spiro atoms. The predicted molar refractivity (Wildman–Crippen MR) is 62.0 cm³/mol. The van der Waals surface area contributed by atoms with Gasteiger partial charge in [0.25, 0.3) is 0 Å². The van der Waals surface area contributed by atoms with Crippen molar-refractivity contribution in [3.8, 4) is 0 Å². The van der Waals surface area contributed by atoms with Crippen LogP contribution in [0.2, 0.25) is 0 Å². The monoisotopic (exact) mass is 248 g/mol. The van der Waals surface area contributed by atoms with Gasteiger partial charge in [-0.2, -0.15) is 8.42 Å². The van der Waals surface area contributed by atoms with Gasteiger partial charge in [0.1, 0.15) is 0 Å². The predicted octanol–water partition coefficient (Wildman–Crippen LogP) is 1.24. The van der Waals surface area contributed by atoms with E-state index in [2.05, 4.69) is 10.1 Å². The van der Waals surface area contributed by atoms with Crippen molar-refractivity contribution in [2.24, 2.45) is 5.92 Å². The number of carbonyl (C=O) groups excluding carboxylic acids is 1. The van der Waals surface area contributed by atoms with Gasteiger partial charge in [-0.25, -0.2) is 0 Å². The minimum absolute atomic E-state index is 0.355. The molecule has 1 heterocycles. The Hall–Kier alpha value is -0.880. The van der Waals surface area contributed by atoms with Gasteiger partial charge in [-0.05, 0) is 17.2 Å². The summed E-state index contributed by atoms with van der Waals surface area (Å²) in [5.74, 6) is 2.50. The quantitative estimate of drug-likeness (QED) is 0.557. The molecule has 0 aliphatic carbocycles. The Morgan fingerprint density at radius 2 is 2.20 bits per heavy atom. The van der Waals surface area contributed by atoms with Gasteiger partial charge in [-0.1, -0.05) is 18.0 Å². The van der Waals surface area contributed by atoms with Crippen LogP contribution >= 0.6 is 10.5 Å². The van der Waals surface area contributed by atoms with Gasteiger partial charge < -0.3 is 4.18 Å². The van der Waals surface area contributed by atoms with E-state index in [4.69, 9.17) is 0 Å². The maximum Gasteiger partial charge on any atom is 0.329 e. The molecular weight excluding hydrogens is 236 g/mol. The number of hydrogen-bond donors (Lipinski definition) is 0. The van der Waals surface area contributed by atoms with Crippen LogP contribution < -0.4 is 0 Å². The Kier molecular flexibility index (Phi) is 3.51. The third-order valence-electron chi connectivity index (χ3n) is 1.82. The van der Waals surface area contributed by atoms with E-state index < -0.39 is 22.0 Å². The first kappa shape index (κ1) is 12.2. The summed E-state index contributed by atoms with van der Waals surface area (Å²) in [6.45, 7) is 1.61. The first-order valence-corrected chi connectivity index (χ1v) is 7.43. The Bertz CT molecular complexity index is 457. The molecular formula is C9H12O4S2. The van der Waals surface area contributed by atoms with Crippen molar-refractivity contribution < 1.29 is 17.4 Å². The van der Waals surface area contributed by atoms with Crippen molar-refractivity contribution in [3.63, 3.8) is 0 Å². The highest BCUT2D eigenvalue weighted by Gasteiger charge is 2.24. The zero-order valence-corrected chi connectivity index (χ0v) is 10.1. The molecule has 84 valence electrons. The summed E-state index contributed by atoms with van der Waals surface area (Å²) in [6, 6.07) is 0. The van der Waals surface area contributed by atoms with Crippen LogP contribution in [0, 0.1) is 5.92 Å². The Labute approximate surface area is 91.7 Å².